The lowest BCUT2D eigenvalue weighted by atomic mass is 9.52. The zero-order valence-corrected chi connectivity index (χ0v) is 19.8. The van der Waals surface area contributed by atoms with Crippen molar-refractivity contribution in [1.82, 2.24) is 4.90 Å². The number of unbranched alkanes of at least 4 members (excludes halogenated alkanes) is 1. The van der Waals surface area contributed by atoms with Crippen LogP contribution in [0, 0.1) is 22.7 Å². The van der Waals surface area contributed by atoms with Crippen molar-refractivity contribution in [3.63, 3.8) is 0 Å². The molecule has 1 heterocycles. The zero-order valence-electron chi connectivity index (χ0n) is 18.2. The molecule has 172 valence electrons. The Balaban J connectivity index is 1.52. The quantitative estimate of drug-likeness (QED) is 0.420. The first-order valence-corrected chi connectivity index (χ1v) is 12.5. The van der Waals surface area contributed by atoms with Gasteiger partial charge >= 0.3 is 0 Å². The summed E-state index contributed by atoms with van der Waals surface area (Å²) in [4.78, 5) is 29.0. The number of hydrogen-bond acceptors (Lipinski definition) is 3. The van der Waals surface area contributed by atoms with Gasteiger partial charge in [0.05, 0.1) is 10.8 Å². The van der Waals surface area contributed by atoms with Crippen LogP contribution in [0.25, 0.3) is 0 Å². The third-order valence-corrected chi connectivity index (χ3v) is 9.43. The fourth-order valence-electron chi connectivity index (χ4n) is 7.54. The van der Waals surface area contributed by atoms with E-state index in [1.54, 1.807) is 0 Å². The third-order valence-electron chi connectivity index (χ3n) is 8.90. The highest BCUT2D eigenvalue weighted by molar-refractivity contribution is 9.10. The fourth-order valence-corrected chi connectivity index (χ4v) is 7.80. The Morgan fingerprint density at radius 1 is 1.06 bits per heavy atom. The van der Waals surface area contributed by atoms with Crippen molar-refractivity contribution in [2.24, 2.45) is 34.1 Å². The summed E-state index contributed by atoms with van der Waals surface area (Å²) in [5, 5.41) is 0. The molecular weight excluding hydrogens is 473 g/mol. The summed E-state index contributed by atoms with van der Waals surface area (Å²) in [5.74, 6) is -1.07. The molecule has 0 aromatic heterocycles. The lowest BCUT2D eigenvalue weighted by molar-refractivity contribution is -0.143. The SMILES string of the molecule is NC(=O)[C@]1(CCCCN2CC[C@H](F)C2)[C@@H]2C=C[C@@H](C23CC3)[C@@]1(C(N)=O)c1ccc(Br)cc1. The molecule has 1 aromatic rings. The Labute approximate surface area is 196 Å². The summed E-state index contributed by atoms with van der Waals surface area (Å²) in [5.41, 5.74) is 11.0. The molecule has 1 aromatic carbocycles. The topological polar surface area (TPSA) is 89.4 Å². The van der Waals surface area contributed by atoms with Crippen LogP contribution in [-0.4, -0.2) is 42.5 Å². The summed E-state index contributed by atoms with van der Waals surface area (Å²) in [6.07, 6.45) is 8.19. The molecule has 5 atom stereocenters. The van der Waals surface area contributed by atoms with E-state index in [9.17, 15) is 14.0 Å². The Kier molecular flexibility index (Phi) is 5.28. The van der Waals surface area contributed by atoms with Gasteiger partial charge in [-0.1, -0.05) is 46.6 Å². The van der Waals surface area contributed by atoms with Crippen LogP contribution in [0.5, 0.6) is 0 Å². The van der Waals surface area contributed by atoms with Crippen molar-refractivity contribution < 1.29 is 14.0 Å². The van der Waals surface area contributed by atoms with Gasteiger partial charge < -0.3 is 16.4 Å². The van der Waals surface area contributed by atoms with Gasteiger partial charge in [0.1, 0.15) is 6.17 Å². The number of likely N-dealkylation sites (tertiary alicyclic amines) is 1. The van der Waals surface area contributed by atoms with Gasteiger partial charge in [-0.15, -0.1) is 0 Å². The predicted octanol–water partition coefficient (Wildman–Crippen LogP) is 3.45. The molecule has 3 fully saturated rings. The molecule has 32 heavy (non-hydrogen) atoms. The molecule has 7 heteroatoms. The molecule has 1 saturated heterocycles. The summed E-state index contributed by atoms with van der Waals surface area (Å²) in [6.45, 7) is 2.07. The second-order valence-electron chi connectivity index (χ2n) is 10.2. The normalized spacial score (nSPS) is 36.8. The van der Waals surface area contributed by atoms with Gasteiger partial charge in [-0.3, -0.25) is 9.59 Å². The van der Waals surface area contributed by atoms with Gasteiger partial charge in [0.15, 0.2) is 0 Å². The maximum absolute atomic E-state index is 13.5. The van der Waals surface area contributed by atoms with Gasteiger partial charge in [-0.05, 0) is 67.7 Å². The van der Waals surface area contributed by atoms with E-state index in [1.165, 1.54) is 0 Å². The lowest BCUT2D eigenvalue weighted by Gasteiger charge is -2.48. The molecule has 0 radical (unpaired) electrons. The fraction of sp³-hybridized carbons (Fsp3) is 0.600. The number of allylic oxidation sites excluding steroid dienone is 2. The number of nitrogens with zero attached hydrogens (tertiary/aromatic N) is 1. The van der Waals surface area contributed by atoms with Crippen LogP contribution in [0.15, 0.2) is 40.9 Å². The van der Waals surface area contributed by atoms with E-state index < -0.39 is 28.8 Å². The third kappa shape index (κ3) is 2.82. The molecule has 2 saturated carbocycles. The van der Waals surface area contributed by atoms with Gasteiger partial charge in [0.2, 0.25) is 11.8 Å². The van der Waals surface area contributed by atoms with Crippen molar-refractivity contribution >= 4 is 27.7 Å². The van der Waals surface area contributed by atoms with Crippen LogP contribution in [-0.2, 0) is 15.0 Å². The number of nitrogens with two attached hydrogens (primary N) is 2. The Morgan fingerprint density at radius 3 is 2.31 bits per heavy atom. The summed E-state index contributed by atoms with van der Waals surface area (Å²) in [6, 6.07) is 7.65. The largest absolute Gasteiger partial charge is 0.369 e. The highest BCUT2D eigenvalue weighted by atomic mass is 79.9. The minimum atomic E-state index is -1.15. The Morgan fingerprint density at radius 2 is 1.75 bits per heavy atom. The lowest BCUT2D eigenvalue weighted by Crippen LogP contribution is -2.62. The van der Waals surface area contributed by atoms with Crippen LogP contribution in [0.4, 0.5) is 4.39 Å². The molecule has 2 bridgehead atoms. The molecule has 5 nitrogen and oxygen atoms in total. The standard InChI is InChI=1S/C25H31BrFN3O2/c26-17-5-3-16(4-6-17)25(22(29)32)20-8-7-19(23(20)11-12-23)24(25,21(28)31)10-1-2-13-30-14-9-18(27)15-30/h3-8,18-20H,1-2,9-15H2,(H2,28,31)(H2,29,32)/t18-,19+,20-,24-,25+/m0/s1. The van der Waals surface area contributed by atoms with Crippen LogP contribution >= 0.6 is 15.9 Å². The van der Waals surface area contributed by atoms with Crippen LogP contribution in [0.3, 0.4) is 0 Å². The monoisotopic (exact) mass is 503 g/mol. The maximum atomic E-state index is 13.5. The number of rotatable bonds is 8. The number of carbonyl (C=O) groups is 2. The van der Waals surface area contributed by atoms with Gasteiger partial charge in [0.25, 0.3) is 0 Å². The van der Waals surface area contributed by atoms with E-state index in [-0.39, 0.29) is 17.3 Å². The van der Waals surface area contributed by atoms with E-state index in [0.29, 0.717) is 19.4 Å². The average Bonchev–Trinajstić information content (AvgIpc) is 3.24. The van der Waals surface area contributed by atoms with E-state index >= 15 is 0 Å². The first kappa shape index (κ1) is 22.1. The number of carbonyl (C=O) groups excluding carboxylic acids is 2. The summed E-state index contributed by atoms with van der Waals surface area (Å²) in [7, 11) is 0. The minimum Gasteiger partial charge on any atom is -0.369 e. The predicted molar refractivity (Wildman–Crippen MR) is 124 cm³/mol. The molecule has 2 amide bonds. The van der Waals surface area contributed by atoms with Crippen LogP contribution in [0.2, 0.25) is 0 Å². The van der Waals surface area contributed by atoms with Gasteiger partial charge in [-0.2, -0.15) is 0 Å². The van der Waals surface area contributed by atoms with E-state index in [4.69, 9.17) is 11.5 Å². The molecule has 1 spiro atoms. The highest BCUT2D eigenvalue weighted by Crippen LogP contribution is 2.80. The number of hydrogen-bond donors (Lipinski definition) is 2. The summed E-state index contributed by atoms with van der Waals surface area (Å²) < 4.78 is 14.4. The van der Waals surface area contributed by atoms with Crippen molar-refractivity contribution in [2.75, 3.05) is 19.6 Å². The minimum absolute atomic E-state index is 0.0735. The van der Waals surface area contributed by atoms with Gasteiger partial charge in [-0.25, -0.2) is 4.39 Å². The molecular formula is C25H31BrFN3O2. The van der Waals surface area contributed by atoms with Crippen molar-refractivity contribution in [3.8, 4) is 0 Å². The highest BCUT2D eigenvalue weighted by Gasteiger charge is 2.82. The molecule has 0 unspecified atom stereocenters. The van der Waals surface area contributed by atoms with Crippen LogP contribution < -0.4 is 11.5 Å². The van der Waals surface area contributed by atoms with E-state index in [1.807, 2.05) is 24.3 Å². The first-order valence-electron chi connectivity index (χ1n) is 11.7. The molecule has 5 rings (SSSR count). The molecule has 3 aliphatic carbocycles. The second-order valence-corrected chi connectivity index (χ2v) is 11.1. The summed E-state index contributed by atoms with van der Waals surface area (Å²) >= 11 is 3.48. The molecule has 1 aliphatic heterocycles. The molecule has 4 N–H and O–H groups in total. The zero-order chi connectivity index (χ0) is 22.7. The second kappa shape index (κ2) is 7.66. The van der Waals surface area contributed by atoms with E-state index in [2.05, 4.69) is 33.0 Å². The maximum Gasteiger partial charge on any atom is 0.229 e. The number of halogens is 2. The average molecular weight is 504 g/mol. The Bertz CT molecular complexity index is 962. The first-order chi connectivity index (χ1) is 15.3. The van der Waals surface area contributed by atoms with Crippen molar-refractivity contribution in [3.05, 3.63) is 46.5 Å². The Hall–Kier alpha value is -1.73. The van der Waals surface area contributed by atoms with Crippen molar-refractivity contribution in [1.29, 1.82) is 0 Å². The number of benzene rings is 1. The number of primary amides is 2. The number of amides is 2. The van der Waals surface area contributed by atoms with Crippen LogP contribution in [0.1, 0.15) is 44.1 Å². The number of alkyl halides is 1. The van der Waals surface area contributed by atoms with Gasteiger partial charge in [0, 0.05) is 23.5 Å². The molecule has 4 aliphatic rings. The van der Waals surface area contributed by atoms with E-state index in [0.717, 1.165) is 48.8 Å². The smallest absolute Gasteiger partial charge is 0.229 e. The van der Waals surface area contributed by atoms with Crippen molar-refractivity contribution in [2.45, 2.75) is 50.1 Å².